The summed E-state index contributed by atoms with van der Waals surface area (Å²) in [7, 11) is 1.32. The van der Waals surface area contributed by atoms with Crippen LogP contribution in [-0.4, -0.2) is 18.1 Å². The number of carbonyl (C=O) groups is 1. The molecule has 1 heterocycles. The van der Waals surface area contributed by atoms with E-state index in [0.29, 0.717) is 9.22 Å². The summed E-state index contributed by atoms with van der Waals surface area (Å²) in [6, 6.07) is 7.77. The third-order valence-corrected chi connectivity index (χ3v) is 5.48. The first-order valence-corrected chi connectivity index (χ1v) is 7.59. The van der Waals surface area contributed by atoms with Crippen LogP contribution >= 0.6 is 50.6 Å². The topological polar surface area (TPSA) is 39.2 Å². The van der Waals surface area contributed by atoms with Gasteiger partial charge in [-0.25, -0.2) is 9.78 Å². The number of thiazole rings is 1. The highest BCUT2D eigenvalue weighted by atomic mass is 79.9. The van der Waals surface area contributed by atoms with E-state index in [1.54, 1.807) is 0 Å². The number of aromatic nitrogens is 1. The summed E-state index contributed by atoms with van der Waals surface area (Å²) in [5.74, 6) is -0.462. The molecule has 3 nitrogen and oxygen atoms in total. The zero-order valence-corrected chi connectivity index (χ0v) is 13.1. The van der Waals surface area contributed by atoms with Crippen molar-refractivity contribution in [3.63, 3.8) is 0 Å². The van der Waals surface area contributed by atoms with Gasteiger partial charge in [0.05, 0.1) is 7.11 Å². The fraction of sp³-hybridized carbons (Fsp3) is 0.0909. The van der Waals surface area contributed by atoms with Gasteiger partial charge in [-0.05, 0) is 28.1 Å². The number of benzene rings is 1. The van der Waals surface area contributed by atoms with Gasteiger partial charge in [-0.3, -0.25) is 0 Å². The first kappa shape index (κ1) is 13.9. The molecule has 0 saturated carbocycles. The highest BCUT2D eigenvalue weighted by Gasteiger charge is 2.18. The van der Waals surface area contributed by atoms with Crippen molar-refractivity contribution in [2.45, 2.75) is 9.24 Å². The van der Waals surface area contributed by atoms with Gasteiger partial charge in [-0.15, -0.1) is 0 Å². The molecule has 0 spiro atoms. The molecule has 0 unspecified atom stereocenters. The molecular weight excluding hydrogens is 358 g/mol. The zero-order chi connectivity index (χ0) is 13.1. The molecule has 0 aliphatic rings. The Morgan fingerprint density at radius 2 is 2.22 bits per heavy atom. The van der Waals surface area contributed by atoms with Crippen LogP contribution in [0.25, 0.3) is 0 Å². The van der Waals surface area contributed by atoms with Gasteiger partial charge in [0.2, 0.25) is 0 Å². The Bertz CT molecular complexity index is 588. The Kier molecular flexibility index (Phi) is 4.66. The van der Waals surface area contributed by atoms with Crippen LogP contribution in [0, 0.1) is 0 Å². The molecule has 7 heteroatoms. The molecule has 2 rings (SSSR count). The molecule has 0 saturated heterocycles. The van der Waals surface area contributed by atoms with E-state index in [1.165, 1.54) is 30.2 Å². The number of esters is 1. The van der Waals surface area contributed by atoms with Gasteiger partial charge >= 0.3 is 5.97 Å². The van der Waals surface area contributed by atoms with E-state index in [9.17, 15) is 4.79 Å². The standard InChI is InChI=1S/C11H7BrClNO2S2/c1-16-10(15)8-9(13)14-11(18-8)17-7-5-3-2-4-6(7)12/h2-5H,1H3. The second kappa shape index (κ2) is 6.06. The van der Waals surface area contributed by atoms with E-state index in [-0.39, 0.29) is 5.15 Å². The van der Waals surface area contributed by atoms with Crippen molar-refractivity contribution in [1.29, 1.82) is 0 Å². The molecule has 0 fully saturated rings. The number of halogens is 2. The summed E-state index contributed by atoms with van der Waals surface area (Å²) >= 11 is 12.0. The zero-order valence-electron chi connectivity index (χ0n) is 9.15. The molecule has 0 atom stereocenters. The highest BCUT2D eigenvalue weighted by molar-refractivity contribution is 9.10. The minimum absolute atomic E-state index is 0.182. The lowest BCUT2D eigenvalue weighted by atomic mass is 10.4. The van der Waals surface area contributed by atoms with Gasteiger partial charge in [0, 0.05) is 9.37 Å². The number of hydrogen-bond acceptors (Lipinski definition) is 5. The number of rotatable bonds is 3. The molecule has 94 valence electrons. The lowest BCUT2D eigenvalue weighted by molar-refractivity contribution is 0.0606. The van der Waals surface area contributed by atoms with Crippen LogP contribution in [0.2, 0.25) is 5.15 Å². The SMILES string of the molecule is COC(=O)c1sc(Sc2ccccc2Br)nc1Cl. The maximum absolute atomic E-state index is 11.4. The van der Waals surface area contributed by atoms with Crippen molar-refractivity contribution < 1.29 is 9.53 Å². The van der Waals surface area contributed by atoms with Gasteiger partial charge in [-0.2, -0.15) is 0 Å². The summed E-state index contributed by atoms with van der Waals surface area (Å²) in [4.78, 5) is 16.9. The molecule has 0 radical (unpaired) electrons. The van der Waals surface area contributed by atoms with Gasteiger partial charge in [0.1, 0.15) is 0 Å². The van der Waals surface area contributed by atoms with Crippen LogP contribution in [0.5, 0.6) is 0 Å². The molecule has 18 heavy (non-hydrogen) atoms. The molecule has 1 aromatic carbocycles. The van der Waals surface area contributed by atoms with Crippen LogP contribution in [0.4, 0.5) is 0 Å². The lowest BCUT2D eigenvalue weighted by Crippen LogP contribution is -1.98. The normalized spacial score (nSPS) is 10.4. The van der Waals surface area contributed by atoms with Crippen molar-refractivity contribution in [2.24, 2.45) is 0 Å². The van der Waals surface area contributed by atoms with Crippen molar-refractivity contribution >= 4 is 56.6 Å². The first-order valence-electron chi connectivity index (χ1n) is 4.79. The van der Waals surface area contributed by atoms with Gasteiger partial charge in [0.15, 0.2) is 14.4 Å². The number of methoxy groups -OCH3 is 1. The molecule has 0 amide bonds. The van der Waals surface area contributed by atoms with Crippen LogP contribution in [-0.2, 0) is 4.74 Å². The van der Waals surface area contributed by atoms with E-state index in [4.69, 9.17) is 11.6 Å². The fourth-order valence-corrected chi connectivity index (χ4v) is 4.00. The summed E-state index contributed by atoms with van der Waals surface area (Å²) < 4.78 is 6.31. The number of ether oxygens (including phenoxy) is 1. The molecule has 0 bridgehead atoms. The third kappa shape index (κ3) is 3.06. The Hall–Kier alpha value is -0.560. The number of carbonyl (C=O) groups excluding carboxylic acids is 1. The fourth-order valence-electron chi connectivity index (χ4n) is 1.17. The highest BCUT2D eigenvalue weighted by Crippen LogP contribution is 2.38. The van der Waals surface area contributed by atoms with Gasteiger partial charge in [-0.1, -0.05) is 46.8 Å². The van der Waals surface area contributed by atoms with Crippen molar-refractivity contribution in [1.82, 2.24) is 4.98 Å². The Labute approximate surface area is 126 Å². The maximum Gasteiger partial charge on any atom is 0.351 e. The second-order valence-electron chi connectivity index (χ2n) is 3.12. The Morgan fingerprint density at radius 1 is 1.50 bits per heavy atom. The van der Waals surface area contributed by atoms with Crippen molar-refractivity contribution in [3.05, 3.63) is 38.8 Å². The summed E-state index contributed by atoms with van der Waals surface area (Å²) in [6.07, 6.45) is 0. The predicted molar refractivity (Wildman–Crippen MR) is 76.7 cm³/mol. The predicted octanol–water partition coefficient (Wildman–Crippen LogP) is 4.50. The Balaban J connectivity index is 2.26. The quantitative estimate of drug-likeness (QED) is 0.752. The van der Waals surface area contributed by atoms with E-state index in [0.717, 1.165) is 9.37 Å². The minimum Gasteiger partial charge on any atom is -0.465 e. The summed E-state index contributed by atoms with van der Waals surface area (Å²) in [5.41, 5.74) is 0. The summed E-state index contributed by atoms with van der Waals surface area (Å²) in [5, 5.41) is 0.182. The van der Waals surface area contributed by atoms with E-state index in [2.05, 4.69) is 25.7 Å². The third-order valence-electron chi connectivity index (χ3n) is 1.97. The van der Waals surface area contributed by atoms with Crippen LogP contribution in [0.3, 0.4) is 0 Å². The molecule has 0 N–H and O–H groups in total. The van der Waals surface area contributed by atoms with E-state index in [1.807, 2.05) is 24.3 Å². The number of hydrogen-bond donors (Lipinski definition) is 0. The van der Waals surface area contributed by atoms with E-state index < -0.39 is 5.97 Å². The number of nitrogens with zero attached hydrogens (tertiary/aromatic N) is 1. The van der Waals surface area contributed by atoms with Gasteiger partial charge in [0.25, 0.3) is 0 Å². The first-order chi connectivity index (χ1) is 8.61. The molecule has 2 aromatic rings. The van der Waals surface area contributed by atoms with Crippen LogP contribution in [0.15, 0.2) is 38.0 Å². The second-order valence-corrected chi connectivity index (χ2v) is 6.62. The Morgan fingerprint density at radius 3 is 2.89 bits per heavy atom. The molecular formula is C11H7BrClNO2S2. The van der Waals surface area contributed by atoms with Crippen LogP contribution in [0.1, 0.15) is 9.67 Å². The van der Waals surface area contributed by atoms with Crippen molar-refractivity contribution in [3.8, 4) is 0 Å². The molecule has 0 aliphatic carbocycles. The minimum atomic E-state index is -0.462. The largest absolute Gasteiger partial charge is 0.465 e. The van der Waals surface area contributed by atoms with E-state index >= 15 is 0 Å². The molecule has 0 aliphatic heterocycles. The monoisotopic (exact) mass is 363 g/mol. The average molecular weight is 365 g/mol. The molecule has 1 aromatic heterocycles. The summed E-state index contributed by atoms with van der Waals surface area (Å²) in [6.45, 7) is 0. The van der Waals surface area contributed by atoms with Gasteiger partial charge < -0.3 is 4.74 Å². The average Bonchev–Trinajstić information content (AvgIpc) is 2.72. The van der Waals surface area contributed by atoms with Crippen molar-refractivity contribution in [2.75, 3.05) is 7.11 Å². The lowest BCUT2D eigenvalue weighted by Gasteiger charge is -1.99. The van der Waals surface area contributed by atoms with Crippen LogP contribution < -0.4 is 0 Å². The maximum atomic E-state index is 11.4. The smallest absolute Gasteiger partial charge is 0.351 e.